The number of ether oxygens (including phenoxy) is 1. The monoisotopic (exact) mass is 273 g/mol. The zero-order valence-corrected chi connectivity index (χ0v) is 10.6. The van der Waals surface area contributed by atoms with Crippen molar-refractivity contribution in [2.45, 2.75) is 19.4 Å². The fourth-order valence-corrected chi connectivity index (χ4v) is 1.76. The molecule has 0 radical (unpaired) electrons. The Morgan fingerprint density at radius 3 is 2.87 bits per heavy atom. The molecule has 1 rings (SSSR count). The third-order valence-electron chi connectivity index (χ3n) is 2.38. The molecule has 3 nitrogen and oxygen atoms in total. The lowest BCUT2D eigenvalue weighted by Gasteiger charge is -2.18. The number of halogens is 1. The van der Waals surface area contributed by atoms with Crippen molar-refractivity contribution in [1.29, 1.82) is 0 Å². The summed E-state index contributed by atoms with van der Waals surface area (Å²) < 4.78 is 5.87. The van der Waals surface area contributed by atoms with E-state index in [0.29, 0.717) is 6.61 Å². The van der Waals surface area contributed by atoms with Gasteiger partial charge in [-0.05, 0) is 34.3 Å². The minimum absolute atomic E-state index is 0.168. The van der Waals surface area contributed by atoms with Gasteiger partial charge in [0.1, 0.15) is 0 Å². The maximum atomic E-state index is 10.0. The molecule has 2 atom stereocenters. The van der Waals surface area contributed by atoms with Crippen LogP contribution in [0.1, 0.15) is 25.0 Å². The van der Waals surface area contributed by atoms with Crippen LogP contribution < -0.4 is 0 Å². The van der Waals surface area contributed by atoms with Gasteiger partial charge in [0.15, 0.2) is 0 Å². The molecule has 0 spiro atoms. The summed E-state index contributed by atoms with van der Waals surface area (Å²) in [5, 5.41) is 10.0. The zero-order valence-electron chi connectivity index (χ0n) is 8.98. The highest BCUT2D eigenvalue weighted by Crippen LogP contribution is 2.25. The summed E-state index contributed by atoms with van der Waals surface area (Å²) in [4.78, 5) is 4.03. The lowest BCUT2D eigenvalue weighted by molar-refractivity contribution is 0.0883. The molecular weight excluding hydrogens is 258 g/mol. The molecule has 4 heteroatoms. The third-order valence-corrected chi connectivity index (χ3v) is 2.82. The predicted molar refractivity (Wildman–Crippen MR) is 62.6 cm³/mol. The summed E-state index contributed by atoms with van der Waals surface area (Å²) in [7, 11) is 1.67. The highest BCUT2D eigenvalue weighted by atomic mass is 79.9. The predicted octanol–water partition coefficient (Wildman–Crippen LogP) is 2.55. The molecule has 1 N–H and O–H groups in total. The number of aliphatic hydroxyl groups excluding tert-OH is 1. The molecule has 0 aliphatic rings. The van der Waals surface area contributed by atoms with Gasteiger partial charge in [0.25, 0.3) is 0 Å². The van der Waals surface area contributed by atoms with Crippen molar-refractivity contribution in [2.24, 2.45) is 5.92 Å². The number of pyridine rings is 1. The summed E-state index contributed by atoms with van der Waals surface area (Å²) in [6.07, 6.45) is 3.75. The molecule has 0 fully saturated rings. The van der Waals surface area contributed by atoms with Crippen LogP contribution in [-0.4, -0.2) is 23.8 Å². The van der Waals surface area contributed by atoms with E-state index < -0.39 is 6.10 Å². The van der Waals surface area contributed by atoms with Crippen molar-refractivity contribution >= 4 is 15.9 Å². The second-order valence-corrected chi connectivity index (χ2v) is 4.56. The summed E-state index contributed by atoms with van der Waals surface area (Å²) in [5.41, 5.74) is 0.841. The molecule has 0 saturated heterocycles. The molecule has 1 aromatic rings. The molecule has 15 heavy (non-hydrogen) atoms. The van der Waals surface area contributed by atoms with Crippen molar-refractivity contribution in [2.75, 3.05) is 13.7 Å². The Balaban J connectivity index is 2.62. The summed E-state index contributed by atoms with van der Waals surface area (Å²) in [6.45, 7) is 2.67. The Morgan fingerprint density at radius 2 is 2.27 bits per heavy atom. The van der Waals surface area contributed by atoms with E-state index in [2.05, 4.69) is 20.9 Å². The van der Waals surface area contributed by atoms with Crippen LogP contribution in [-0.2, 0) is 4.74 Å². The lowest BCUT2D eigenvalue weighted by Crippen LogP contribution is -2.11. The molecule has 0 aromatic carbocycles. The van der Waals surface area contributed by atoms with Gasteiger partial charge in [0.05, 0.1) is 6.10 Å². The average molecular weight is 274 g/mol. The van der Waals surface area contributed by atoms with Gasteiger partial charge in [-0.2, -0.15) is 0 Å². The van der Waals surface area contributed by atoms with E-state index in [1.807, 2.05) is 13.0 Å². The van der Waals surface area contributed by atoms with Gasteiger partial charge in [-0.1, -0.05) is 6.92 Å². The number of hydrogen-bond donors (Lipinski definition) is 1. The number of aliphatic hydroxyl groups is 1. The van der Waals surface area contributed by atoms with Crippen LogP contribution in [0.5, 0.6) is 0 Å². The minimum atomic E-state index is -0.481. The molecule has 1 heterocycles. The van der Waals surface area contributed by atoms with Crippen LogP contribution in [0.15, 0.2) is 22.9 Å². The van der Waals surface area contributed by atoms with E-state index in [9.17, 15) is 5.11 Å². The van der Waals surface area contributed by atoms with Gasteiger partial charge < -0.3 is 9.84 Å². The SMILES string of the molecule is COCCC(C)C(O)c1cncc(Br)c1. The summed E-state index contributed by atoms with van der Waals surface area (Å²) in [5.74, 6) is 0.168. The van der Waals surface area contributed by atoms with E-state index in [0.717, 1.165) is 16.5 Å². The number of rotatable bonds is 5. The Kier molecular flexibility index (Phi) is 5.22. The van der Waals surface area contributed by atoms with Crippen molar-refractivity contribution < 1.29 is 9.84 Å². The van der Waals surface area contributed by atoms with Gasteiger partial charge in [-0.25, -0.2) is 0 Å². The van der Waals surface area contributed by atoms with E-state index in [1.165, 1.54) is 0 Å². The fraction of sp³-hybridized carbons (Fsp3) is 0.545. The number of nitrogens with zero attached hydrogens (tertiary/aromatic N) is 1. The van der Waals surface area contributed by atoms with Crippen molar-refractivity contribution in [1.82, 2.24) is 4.98 Å². The molecule has 0 aliphatic carbocycles. The summed E-state index contributed by atoms with van der Waals surface area (Å²) >= 11 is 3.33. The van der Waals surface area contributed by atoms with Crippen LogP contribution in [0.4, 0.5) is 0 Å². The Bertz CT molecular complexity index is 306. The fourth-order valence-electron chi connectivity index (χ4n) is 1.38. The highest BCUT2D eigenvalue weighted by molar-refractivity contribution is 9.10. The normalized spacial score (nSPS) is 14.9. The molecule has 0 bridgehead atoms. The molecule has 0 saturated carbocycles. The maximum absolute atomic E-state index is 10.0. The van der Waals surface area contributed by atoms with Gasteiger partial charge in [-0.3, -0.25) is 4.98 Å². The largest absolute Gasteiger partial charge is 0.388 e. The van der Waals surface area contributed by atoms with Gasteiger partial charge in [-0.15, -0.1) is 0 Å². The first-order chi connectivity index (χ1) is 7.15. The van der Waals surface area contributed by atoms with Crippen LogP contribution in [0, 0.1) is 5.92 Å². The van der Waals surface area contributed by atoms with Crippen LogP contribution in [0.25, 0.3) is 0 Å². The quantitative estimate of drug-likeness (QED) is 0.897. The second kappa shape index (κ2) is 6.20. The van der Waals surface area contributed by atoms with Crippen molar-refractivity contribution in [3.63, 3.8) is 0 Å². The van der Waals surface area contributed by atoms with Crippen LogP contribution >= 0.6 is 15.9 Å². The molecule has 0 amide bonds. The smallest absolute Gasteiger partial charge is 0.0831 e. The highest BCUT2D eigenvalue weighted by Gasteiger charge is 2.16. The number of methoxy groups -OCH3 is 1. The molecule has 2 unspecified atom stereocenters. The average Bonchev–Trinajstić information content (AvgIpc) is 2.24. The molecular formula is C11H16BrNO2. The Morgan fingerprint density at radius 1 is 1.53 bits per heavy atom. The van der Waals surface area contributed by atoms with E-state index in [4.69, 9.17) is 4.74 Å². The number of aromatic nitrogens is 1. The zero-order chi connectivity index (χ0) is 11.3. The van der Waals surface area contributed by atoms with E-state index >= 15 is 0 Å². The molecule has 84 valence electrons. The molecule has 0 aliphatic heterocycles. The first kappa shape index (κ1) is 12.6. The van der Waals surface area contributed by atoms with Gasteiger partial charge in [0.2, 0.25) is 0 Å². The van der Waals surface area contributed by atoms with Crippen molar-refractivity contribution in [3.05, 3.63) is 28.5 Å². The van der Waals surface area contributed by atoms with E-state index in [1.54, 1.807) is 19.5 Å². The summed E-state index contributed by atoms with van der Waals surface area (Å²) in [6, 6.07) is 1.89. The standard InChI is InChI=1S/C11H16BrNO2/c1-8(3-4-15-2)11(14)9-5-10(12)7-13-6-9/h5-8,11,14H,3-4H2,1-2H3. The second-order valence-electron chi connectivity index (χ2n) is 3.64. The van der Waals surface area contributed by atoms with Gasteiger partial charge in [0, 0.05) is 36.1 Å². The minimum Gasteiger partial charge on any atom is -0.388 e. The van der Waals surface area contributed by atoms with E-state index in [-0.39, 0.29) is 5.92 Å². The van der Waals surface area contributed by atoms with Gasteiger partial charge >= 0.3 is 0 Å². The van der Waals surface area contributed by atoms with Crippen molar-refractivity contribution in [3.8, 4) is 0 Å². The Labute approximate surface area is 98.6 Å². The molecule has 1 aromatic heterocycles. The first-order valence-corrected chi connectivity index (χ1v) is 5.72. The lowest BCUT2D eigenvalue weighted by atomic mass is 9.96. The third kappa shape index (κ3) is 3.89. The topological polar surface area (TPSA) is 42.4 Å². The maximum Gasteiger partial charge on any atom is 0.0831 e. The first-order valence-electron chi connectivity index (χ1n) is 4.92. The number of hydrogen-bond acceptors (Lipinski definition) is 3. The Hall–Kier alpha value is -0.450. The van der Waals surface area contributed by atoms with Crippen LogP contribution in [0.2, 0.25) is 0 Å². The van der Waals surface area contributed by atoms with Crippen LogP contribution in [0.3, 0.4) is 0 Å².